The van der Waals surface area contributed by atoms with E-state index < -0.39 is 0 Å². The third-order valence-corrected chi connectivity index (χ3v) is 3.28. The number of nitrogens with one attached hydrogen (secondary N) is 1. The highest BCUT2D eigenvalue weighted by molar-refractivity contribution is 5.79. The zero-order valence-electron chi connectivity index (χ0n) is 12.0. The zero-order chi connectivity index (χ0) is 15.5. The second-order valence-corrected chi connectivity index (χ2v) is 4.68. The van der Waals surface area contributed by atoms with Crippen LogP contribution in [0.25, 0.3) is 16.8 Å². The van der Waals surface area contributed by atoms with Gasteiger partial charge in [-0.25, -0.2) is 9.50 Å². The predicted octanol–water partition coefficient (Wildman–Crippen LogP) is 1.51. The van der Waals surface area contributed by atoms with Gasteiger partial charge >= 0.3 is 0 Å². The summed E-state index contributed by atoms with van der Waals surface area (Å²) >= 11 is 0. The molecule has 22 heavy (non-hydrogen) atoms. The minimum absolute atomic E-state index is 0.0359. The van der Waals surface area contributed by atoms with E-state index in [1.807, 2.05) is 0 Å². The third-order valence-electron chi connectivity index (χ3n) is 3.28. The van der Waals surface area contributed by atoms with E-state index in [2.05, 4.69) is 15.4 Å². The summed E-state index contributed by atoms with van der Waals surface area (Å²) in [6.45, 7) is 0.466. The molecule has 0 saturated heterocycles. The minimum atomic E-state index is 0.0359. The molecule has 0 radical (unpaired) electrons. The Morgan fingerprint density at radius 1 is 1.32 bits per heavy atom. The van der Waals surface area contributed by atoms with Crippen molar-refractivity contribution in [2.24, 2.45) is 0 Å². The first-order chi connectivity index (χ1) is 10.7. The molecule has 0 aliphatic carbocycles. The molecule has 0 atom stereocenters. The lowest BCUT2D eigenvalue weighted by Gasteiger charge is -2.07. The molecule has 0 amide bonds. The number of methoxy groups -OCH3 is 1. The Bertz CT molecular complexity index is 801. The summed E-state index contributed by atoms with van der Waals surface area (Å²) in [5, 5.41) is 25.9. The molecule has 2 aromatic heterocycles. The third kappa shape index (κ3) is 2.53. The molecule has 0 fully saturated rings. The first-order valence-electron chi connectivity index (χ1n) is 6.79. The molecule has 7 heteroatoms. The number of aliphatic hydroxyl groups excluding tert-OH is 1. The zero-order valence-corrected chi connectivity index (χ0v) is 12.0. The normalized spacial score (nSPS) is 10.8. The van der Waals surface area contributed by atoms with E-state index in [0.717, 1.165) is 11.1 Å². The molecular weight excluding hydrogens is 284 g/mol. The van der Waals surface area contributed by atoms with Crippen LogP contribution in [0.1, 0.15) is 0 Å². The molecule has 0 bridgehead atoms. The average molecular weight is 300 g/mol. The number of hydrogen-bond donors (Lipinski definition) is 3. The number of nitrogens with zero attached hydrogens (tertiary/aromatic N) is 3. The van der Waals surface area contributed by atoms with Crippen molar-refractivity contribution in [2.75, 3.05) is 25.6 Å². The molecule has 3 rings (SSSR count). The van der Waals surface area contributed by atoms with Crippen molar-refractivity contribution in [1.82, 2.24) is 14.6 Å². The molecule has 0 saturated carbocycles. The Balaban J connectivity index is 2.06. The average Bonchev–Trinajstić information content (AvgIpc) is 2.96. The number of ether oxygens (including phenoxy) is 1. The van der Waals surface area contributed by atoms with Gasteiger partial charge in [-0.2, -0.15) is 5.10 Å². The highest BCUT2D eigenvalue weighted by atomic mass is 16.5. The lowest BCUT2D eigenvalue weighted by molar-refractivity contribution is 0.311. The van der Waals surface area contributed by atoms with Gasteiger partial charge < -0.3 is 20.3 Å². The van der Waals surface area contributed by atoms with Crippen LogP contribution in [0.3, 0.4) is 0 Å². The first kappa shape index (κ1) is 14.2. The number of aliphatic hydroxyl groups is 1. The van der Waals surface area contributed by atoms with Crippen molar-refractivity contribution in [1.29, 1.82) is 0 Å². The topological polar surface area (TPSA) is 91.9 Å². The smallest absolute Gasteiger partial charge is 0.165 e. The second-order valence-electron chi connectivity index (χ2n) is 4.68. The number of aromatic nitrogens is 3. The predicted molar refractivity (Wildman–Crippen MR) is 82.2 cm³/mol. The van der Waals surface area contributed by atoms with E-state index in [4.69, 9.17) is 9.84 Å². The number of anilines is 1. The molecule has 0 aliphatic heterocycles. The first-order valence-corrected chi connectivity index (χ1v) is 6.79. The standard InChI is InChI=1S/C15H16N4O3/c1-22-13-8-10(2-3-12(13)21)11-9-17-19-6-4-14(16-5-7-20)18-15(11)19/h2-4,6,8-9,20-21H,5,7H2,1H3,(H,16,18). The van der Waals surface area contributed by atoms with Gasteiger partial charge in [-0.3, -0.25) is 0 Å². The number of fused-ring (bicyclic) bond motifs is 1. The lowest BCUT2D eigenvalue weighted by atomic mass is 10.1. The summed E-state index contributed by atoms with van der Waals surface area (Å²) in [6.07, 6.45) is 3.51. The summed E-state index contributed by atoms with van der Waals surface area (Å²) < 4.78 is 6.80. The van der Waals surface area contributed by atoms with Crippen LogP contribution in [0.5, 0.6) is 11.5 Å². The largest absolute Gasteiger partial charge is 0.504 e. The molecule has 2 heterocycles. The Kier molecular flexibility index (Phi) is 3.80. The molecule has 0 aliphatic rings. The fourth-order valence-electron chi connectivity index (χ4n) is 2.20. The lowest BCUT2D eigenvalue weighted by Crippen LogP contribution is -2.07. The molecule has 1 aromatic carbocycles. The number of phenolic OH excluding ortho intramolecular Hbond substituents is 1. The maximum atomic E-state index is 9.69. The number of rotatable bonds is 5. The molecule has 0 spiro atoms. The van der Waals surface area contributed by atoms with Crippen LogP contribution >= 0.6 is 0 Å². The van der Waals surface area contributed by atoms with Gasteiger partial charge in [0.2, 0.25) is 0 Å². The maximum Gasteiger partial charge on any atom is 0.165 e. The van der Waals surface area contributed by atoms with Crippen LogP contribution in [0.15, 0.2) is 36.7 Å². The van der Waals surface area contributed by atoms with Gasteiger partial charge in [0.05, 0.1) is 19.9 Å². The summed E-state index contributed by atoms with van der Waals surface area (Å²) in [4.78, 5) is 4.50. The summed E-state index contributed by atoms with van der Waals surface area (Å²) in [5.74, 6) is 1.14. The van der Waals surface area contributed by atoms with Gasteiger partial charge in [0.1, 0.15) is 5.82 Å². The molecule has 114 valence electrons. The van der Waals surface area contributed by atoms with Crippen LogP contribution < -0.4 is 10.1 Å². The quantitative estimate of drug-likeness (QED) is 0.661. The molecule has 3 N–H and O–H groups in total. The van der Waals surface area contributed by atoms with Crippen LogP contribution in [0.2, 0.25) is 0 Å². The Morgan fingerprint density at radius 3 is 2.95 bits per heavy atom. The van der Waals surface area contributed by atoms with Gasteiger partial charge in [-0.05, 0) is 23.8 Å². The van der Waals surface area contributed by atoms with E-state index in [9.17, 15) is 5.11 Å². The number of hydrogen-bond acceptors (Lipinski definition) is 6. The van der Waals surface area contributed by atoms with E-state index in [0.29, 0.717) is 23.8 Å². The van der Waals surface area contributed by atoms with E-state index in [1.165, 1.54) is 7.11 Å². The van der Waals surface area contributed by atoms with Crippen molar-refractivity contribution < 1.29 is 14.9 Å². The summed E-state index contributed by atoms with van der Waals surface area (Å²) in [7, 11) is 1.50. The molecule has 0 unspecified atom stereocenters. The molecule has 7 nitrogen and oxygen atoms in total. The van der Waals surface area contributed by atoms with Crippen molar-refractivity contribution in [3.8, 4) is 22.6 Å². The van der Waals surface area contributed by atoms with Crippen molar-refractivity contribution >= 4 is 11.5 Å². The van der Waals surface area contributed by atoms with E-state index >= 15 is 0 Å². The highest BCUT2D eigenvalue weighted by Crippen LogP contribution is 2.32. The Labute approximate surface area is 126 Å². The van der Waals surface area contributed by atoms with Crippen LogP contribution in [-0.2, 0) is 0 Å². The van der Waals surface area contributed by atoms with Gasteiger partial charge in [0.25, 0.3) is 0 Å². The van der Waals surface area contributed by atoms with Crippen LogP contribution in [0, 0.1) is 0 Å². The fraction of sp³-hybridized carbons (Fsp3) is 0.200. The van der Waals surface area contributed by atoms with Gasteiger partial charge in [0, 0.05) is 18.3 Å². The highest BCUT2D eigenvalue weighted by Gasteiger charge is 2.11. The number of phenols is 1. The minimum Gasteiger partial charge on any atom is -0.504 e. The van der Waals surface area contributed by atoms with Crippen LogP contribution in [0.4, 0.5) is 5.82 Å². The maximum absolute atomic E-state index is 9.69. The number of benzene rings is 1. The Morgan fingerprint density at radius 2 is 2.18 bits per heavy atom. The van der Waals surface area contributed by atoms with Crippen molar-refractivity contribution in [2.45, 2.75) is 0 Å². The fourth-order valence-corrected chi connectivity index (χ4v) is 2.20. The van der Waals surface area contributed by atoms with Crippen molar-refractivity contribution in [3.05, 3.63) is 36.7 Å². The second kappa shape index (κ2) is 5.90. The number of aromatic hydroxyl groups is 1. The van der Waals surface area contributed by atoms with Crippen LogP contribution in [-0.4, -0.2) is 45.1 Å². The Hall–Kier alpha value is -2.80. The van der Waals surface area contributed by atoms with Gasteiger partial charge in [-0.1, -0.05) is 6.07 Å². The monoisotopic (exact) mass is 300 g/mol. The van der Waals surface area contributed by atoms with Gasteiger partial charge in [0.15, 0.2) is 17.1 Å². The SMILES string of the molecule is COc1cc(-c2cnn3ccc(NCCO)nc23)ccc1O. The van der Waals surface area contributed by atoms with E-state index in [1.54, 1.807) is 41.2 Å². The summed E-state index contributed by atoms with van der Waals surface area (Å²) in [6, 6.07) is 6.88. The summed E-state index contributed by atoms with van der Waals surface area (Å²) in [5.41, 5.74) is 2.35. The molecular formula is C15H16N4O3. The van der Waals surface area contributed by atoms with Gasteiger partial charge in [-0.15, -0.1) is 0 Å². The van der Waals surface area contributed by atoms with E-state index in [-0.39, 0.29) is 12.4 Å². The molecule has 3 aromatic rings. The van der Waals surface area contributed by atoms with Crippen molar-refractivity contribution in [3.63, 3.8) is 0 Å².